The molecule has 0 aliphatic heterocycles. The predicted molar refractivity (Wildman–Crippen MR) is 103 cm³/mol. The van der Waals surface area contributed by atoms with Crippen LogP contribution in [0.4, 0.5) is 9.52 Å². The number of halogens is 2. The van der Waals surface area contributed by atoms with E-state index < -0.39 is 23.0 Å². The van der Waals surface area contributed by atoms with Crippen LogP contribution < -0.4 is 16.6 Å². The largest absolute Gasteiger partial charge is 0.332 e. The molecule has 0 fully saturated rings. The lowest BCUT2D eigenvalue weighted by Crippen LogP contribution is -2.37. The molecule has 3 heterocycles. The molecule has 0 aliphatic carbocycles. The van der Waals surface area contributed by atoms with Gasteiger partial charge in [0.15, 0.2) is 16.3 Å². The first-order valence-corrected chi connectivity index (χ1v) is 9.13. The molecule has 4 rings (SSSR count). The van der Waals surface area contributed by atoms with Crippen molar-refractivity contribution < 1.29 is 9.18 Å². The zero-order valence-corrected chi connectivity index (χ0v) is 16.1. The number of benzene rings is 1. The summed E-state index contributed by atoms with van der Waals surface area (Å²) in [4.78, 5) is 45.2. The number of aryl methyl sites for hydroxylation is 1. The molecule has 0 bridgehead atoms. The van der Waals surface area contributed by atoms with Gasteiger partial charge in [0.2, 0.25) is 11.2 Å². The van der Waals surface area contributed by atoms with Crippen molar-refractivity contribution in [3.05, 3.63) is 50.1 Å². The molecule has 9 nitrogen and oxygen atoms in total. The highest BCUT2D eigenvalue weighted by Crippen LogP contribution is 2.26. The number of nitrogens with one attached hydrogen (secondary N) is 1. The van der Waals surface area contributed by atoms with E-state index in [-0.39, 0.29) is 28.1 Å². The Hall–Kier alpha value is -3.05. The molecule has 144 valence electrons. The van der Waals surface area contributed by atoms with Crippen molar-refractivity contribution in [2.45, 2.75) is 6.54 Å². The summed E-state index contributed by atoms with van der Waals surface area (Å²) in [6.45, 7) is -0.312. The van der Waals surface area contributed by atoms with Gasteiger partial charge in [-0.3, -0.25) is 23.3 Å². The summed E-state index contributed by atoms with van der Waals surface area (Å²) in [5.41, 5.74) is -0.486. The first-order chi connectivity index (χ1) is 13.3. The molecular weight excluding hydrogens is 411 g/mol. The summed E-state index contributed by atoms with van der Waals surface area (Å²) >= 11 is 7.22. The molecule has 12 heteroatoms. The van der Waals surface area contributed by atoms with E-state index >= 15 is 0 Å². The van der Waals surface area contributed by atoms with Crippen LogP contribution in [0, 0.1) is 5.82 Å². The minimum absolute atomic E-state index is 0.0381. The van der Waals surface area contributed by atoms with E-state index in [1.54, 1.807) is 0 Å². The maximum atomic E-state index is 13.3. The van der Waals surface area contributed by atoms with Crippen molar-refractivity contribution in [1.29, 1.82) is 0 Å². The first-order valence-electron chi connectivity index (χ1n) is 7.94. The van der Waals surface area contributed by atoms with E-state index in [1.807, 2.05) is 0 Å². The Kier molecular flexibility index (Phi) is 4.27. The average molecular weight is 423 g/mol. The molecule has 1 N–H and O–H groups in total. The van der Waals surface area contributed by atoms with Crippen LogP contribution in [0.25, 0.3) is 21.4 Å². The highest BCUT2D eigenvalue weighted by atomic mass is 35.5. The van der Waals surface area contributed by atoms with E-state index in [0.717, 1.165) is 15.9 Å². The minimum atomic E-state index is -0.610. The Morgan fingerprint density at radius 2 is 2.00 bits per heavy atom. The fourth-order valence-corrected chi connectivity index (χ4v) is 3.95. The van der Waals surface area contributed by atoms with E-state index in [0.29, 0.717) is 10.2 Å². The SMILES string of the molecule is Cn1c(=O)c2c(nc(Cl)n2CC(=O)Nc2nc3ccc(F)cc3s2)n(C)c1=O. The summed E-state index contributed by atoms with van der Waals surface area (Å²) < 4.78 is 17.2. The molecular formula is C16H12ClFN6O3S. The number of carbonyl (C=O) groups is 1. The molecule has 0 spiro atoms. The quantitative estimate of drug-likeness (QED) is 0.503. The fraction of sp³-hybridized carbons (Fsp3) is 0.188. The standard InChI is InChI=1S/C16H12ClFN6O3S/c1-22-12-11(13(26)23(2)16(22)27)24(14(17)21-12)6-10(25)20-15-19-8-4-3-7(18)5-9(8)28-15/h3-5H,6H2,1-2H3,(H,19,20,25). The van der Waals surface area contributed by atoms with Gasteiger partial charge in [0.25, 0.3) is 5.56 Å². The Balaban J connectivity index is 1.69. The Labute approximate surface area is 164 Å². The Morgan fingerprint density at radius 3 is 2.75 bits per heavy atom. The molecule has 1 amide bonds. The maximum Gasteiger partial charge on any atom is 0.332 e. The third-order valence-electron chi connectivity index (χ3n) is 4.20. The van der Waals surface area contributed by atoms with Crippen LogP contribution in [-0.2, 0) is 25.4 Å². The monoisotopic (exact) mass is 422 g/mol. The number of rotatable bonds is 3. The third-order valence-corrected chi connectivity index (χ3v) is 5.42. The molecule has 0 saturated heterocycles. The maximum absolute atomic E-state index is 13.3. The Bertz CT molecular complexity index is 1390. The summed E-state index contributed by atoms with van der Waals surface area (Å²) in [5, 5.41) is 2.78. The van der Waals surface area contributed by atoms with Gasteiger partial charge in [0.1, 0.15) is 12.4 Å². The highest BCUT2D eigenvalue weighted by molar-refractivity contribution is 7.22. The van der Waals surface area contributed by atoms with Crippen LogP contribution in [0.3, 0.4) is 0 Å². The number of fused-ring (bicyclic) bond motifs is 2. The molecule has 4 aromatic rings. The second kappa shape index (κ2) is 6.53. The lowest BCUT2D eigenvalue weighted by molar-refractivity contribution is -0.116. The molecule has 0 atom stereocenters. The second-order valence-electron chi connectivity index (χ2n) is 6.02. The normalized spacial score (nSPS) is 11.4. The summed E-state index contributed by atoms with van der Waals surface area (Å²) in [5.74, 6) is -0.899. The van der Waals surface area contributed by atoms with Crippen LogP contribution in [0.1, 0.15) is 0 Å². The van der Waals surface area contributed by atoms with Crippen molar-refractivity contribution in [3.8, 4) is 0 Å². The number of nitrogens with zero attached hydrogens (tertiary/aromatic N) is 5. The smallest absolute Gasteiger partial charge is 0.300 e. The number of anilines is 1. The van der Waals surface area contributed by atoms with Crippen molar-refractivity contribution >= 4 is 55.4 Å². The van der Waals surface area contributed by atoms with E-state index in [4.69, 9.17) is 11.6 Å². The molecule has 0 saturated carbocycles. The first kappa shape index (κ1) is 18.3. The average Bonchev–Trinajstić information content (AvgIpc) is 3.18. The van der Waals surface area contributed by atoms with Gasteiger partial charge in [-0.15, -0.1) is 0 Å². The summed E-state index contributed by atoms with van der Waals surface area (Å²) in [6.07, 6.45) is 0. The summed E-state index contributed by atoms with van der Waals surface area (Å²) in [6, 6.07) is 4.12. The number of hydrogen-bond acceptors (Lipinski definition) is 6. The fourth-order valence-electron chi connectivity index (χ4n) is 2.82. The van der Waals surface area contributed by atoms with Crippen LogP contribution >= 0.6 is 22.9 Å². The zero-order chi connectivity index (χ0) is 20.2. The van der Waals surface area contributed by atoms with Gasteiger partial charge in [-0.2, -0.15) is 4.98 Å². The van der Waals surface area contributed by atoms with Gasteiger partial charge in [0.05, 0.1) is 10.2 Å². The van der Waals surface area contributed by atoms with Gasteiger partial charge in [-0.25, -0.2) is 14.2 Å². The molecule has 0 radical (unpaired) electrons. The van der Waals surface area contributed by atoms with Crippen LogP contribution in [0.15, 0.2) is 27.8 Å². The molecule has 0 aliphatic rings. The number of aromatic nitrogens is 5. The number of carbonyl (C=O) groups excluding carboxylic acids is 1. The van der Waals surface area contributed by atoms with Gasteiger partial charge in [0, 0.05) is 14.1 Å². The number of amides is 1. The van der Waals surface area contributed by atoms with E-state index in [9.17, 15) is 18.8 Å². The van der Waals surface area contributed by atoms with Crippen LogP contribution in [-0.4, -0.2) is 29.6 Å². The molecule has 0 unspecified atom stereocenters. The zero-order valence-electron chi connectivity index (χ0n) is 14.6. The Morgan fingerprint density at radius 1 is 1.25 bits per heavy atom. The lowest BCUT2D eigenvalue weighted by atomic mass is 10.3. The van der Waals surface area contributed by atoms with E-state index in [1.165, 1.54) is 41.4 Å². The molecule has 3 aromatic heterocycles. The number of hydrogen-bond donors (Lipinski definition) is 1. The van der Waals surface area contributed by atoms with Crippen molar-refractivity contribution in [2.75, 3.05) is 5.32 Å². The van der Waals surface area contributed by atoms with Gasteiger partial charge >= 0.3 is 5.69 Å². The third kappa shape index (κ3) is 2.88. The van der Waals surface area contributed by atoms with Gasteiger partial charge in [-0.05, 0) is 29.8 Å². The number of imidazole rings is 1. The van der Waals surface area contributed by atoms with Crippen LogP contribution in [0.2, 0.25) is 5.28 Å². The lowest BCUT2D eigenvalue weighted by Gasteiger charge is -2.07. The van der Waals surface area contributed by atoms with Gasteiger partial charge in [-0.1, -0.05) is 11.3 Å². The molecule has 28 heavy (non-hydrogen) atoms. The second-order valence-corrected chi connectivity index (χ2v) is 7.39. The summed E-state index contributed by atoms with van der Waals surface area (Å²) in [7, 11) is 2.79. The minimum Gasteiger partial charge on any atom is -0.300 e. The predicted octanol–water partition coefficient (Wildman–Crippen LogP) is 1.47. The topological polar surface area (TPSA) is 104 Å². The van der Waals surface area contributed by atoms with Crippen molar-refractivity contribution in [3.63, 3.8) is 0 Å². The molecule has 1 aromatic carbocycles. The van der Waals surface area contributed by atoms with Gasteiger partial charge < -0.3 is 5.32 Å². The highest BCUT2D eigenvalue weighted by Gasteiger charge is 2.20. The van der Waals surface area contributed by atoms with E-state index in [2.05, 4.69) is 15.3 Å². The van der Waals surface area contributed by atoms with Crippen LogP contribution in [0.5, 0.6) is 0 Å². The van der Waals surface area contributed by atoms with Crippen molar-refractivity contribution in [1.82, 2.24) is 23.7 Å². The van der Waals surface area contributed by atoms with Crippen molar-refractivity contribution in [2.24, 2.45) is 14.1 Å². The number of thiazole rings is 1.